The number of hydrogen-bond acceptors (Lipinski definition) is 2. The fourth-order valence-corrected chi connectivity index (χ4v) is 3.99. The van der Waals surface area contributed by atoms with E-state index in [0.717, 1.165) is 16.9 Å². The molecule has 0 bridgehead atoms. The Balaban J connectivity index is 2.15. The highest BCUT2D eigenvalue weighted by Gasteiger charge is 2.06. The van der Waals surface area contributed by atoms with Crippen molar-refractivity contribution in [1.82, 2.24) is 0 Å². The van der Waals surface area contributed by atoms with Crippen LogP contribution in [0.2, 0.25) is 0 Å². The molecule has 0 unspecified atom stereocenters. The maximum atomic E-state index is 4.15. The third-order valence-corrected chi connectivity index (χ3v) is 6.09. The highest BCUT2D eigenvalue weighted by Crippen LogP contribution is 2.38. The Kier molecular flexibility index (Phi) is 7.01. The van der Waals surface area contributed by atoms with E-state index in [9.17, 15) is 0 Å². The van der Waals surface area contributed by atoms with Crippen LogP contribution in [-0.2, 0) is 0 Å². The molecule has 0 saturated heterocycles. The Hall–Kier alpha value is -1.64. The van der Waals surface area contributed by atoms with E-state index in [1.165, 1.54) is 26.5 Å². The van der Waals surface area contributed by atoms with Crippen molar-refractivity contribution in [1.29, 1.82) is 0 Å². The second-order valence-electron chi connectivity index (χ2n) is 5.71. The number of rotatable bonds is 7. The minimum absolute atomic E-state index is 0.938. The monoisotopic (exact) mass is 352 g/mol. The lowest BCUT2D eigenvalue weighted by molar-refractivity contribution is 1.15. The van der Waals surface area contributed by atoms with Crippen molar-refractivity contribution in [3.05, 3.63) is 88.7 Å². The topological polar surface area (TPSA) is 0 Å². The van der Waals surface area contributed by atoms with E-state index in [1.54, 1.807) is 23.5 Å². The standard InChI is InChI=1S/C22H24S2/c1-6-17(3)19(5)24-22-10-8-7-9-21(22)23-15-18(4)20-13-11-16(2)12-14-20/h7-15H,3,5-6H2,1-2,4H3/b18-15+. The molecule has 0 N–H and O–H groups in total. The van der Waals surface area contributed by atoms with Gasteiger partial charge in [-0.15, -0.1) is 0 Å². The minimum Gasteiger partial charge on any atom is -0.0966 e. The predicted molar refractivity (Wildman–Crippen MR) is 112 cm³/mol. The van der Waals surface area contributed by atoms with Crippen molar-refractivity contribution < 1.29 is 0 Å². The predicted octanol–water partition coefficient (Wildman–Crippen LogP) is 7.72. The highest BCUT2D eigenvalue weighted by atomic mass is 32.2. The minimum atomic E-state index is 0.938. The molecular weight excluding hydrogens is 328 g/mol. The maximum absolute atomic E-state index is 4.15. The summed E-state index contributed by atoms with van der Waals surface area (Å²) < 4.78 is 0. The highest BCUT2D eigenvalue weighted by molar-refractivity contribution is 8.05. The first-order chi connectivity index (χ1) is 11.5. The van der Waals surface area contributed by atoms with Crippen LogP contribution < -0.4 is 0 Å². The summed E-state index contributed by atoms with van der Waals surface area (Å²) in [5.74, 6) is 0. The quantitative estimate of drug-likeness (QED) is 0.369. The van der Waals surface area contributed by atoms with Gasteiger partial charge in [0.05, 0.1) is 0 Å². The van der Waals surface area contributed by atoms with E-state index in [2.05, 4.69) is 87.9 Å². The fourth-order valence-electron chi connectivity index (χ4n) is 2.07. The van der Waals surface area contributed by atoms with Crippen molar-refractivity contribution >= 4 is 29.1 Å². The molecule has 24 heavy (non-hydrogen) atoms. The first-order valence-electron chi connectivity index (χ1n) is 8.05. The van der Waals surface area contributed by atoms with Crippen molar-refractivity contribution in [2.45, 2.75) is 37.0 Å². The smallest absolute Gasteiger partial charge is 0.0261 e. The molecule has 0 heterocycles. The molecule has 0 aromatic heterocycles. The van der Waals surface area contributed by atoms with Crippen LogP contribution in [0.4, 0.5) is 0 Å². The summed E-state index contributed by atoms with van der Waals surface area (Å²) in [6.45, 7) is 14.6. The Morgan fingerprint density at radius 2 is 1.62 bits per heavy atom. The Morgan fingerprint density at radius 1 is 1.00 bits per heavy atom. The molecule has 2 rings (SSSR count). The SMILES string of the molecule is C=C(CC)C(=C)Sc1ccccc1S/C=C(\C)c1ccc(C)cc1. The molecule has 0 spiro atoms. The molecule has 2 heteroatoms. The van der Waals surface area contributed by atoms with Crippen LogP contribution in [0.1, 0.15) is 31.4 Å². The van der Waals surface area contributed by atoms with E-state index < -0.39 is 0 Å². The molecule has 0 atom stereocenters. The van der Waals surface area contributed by atoms with E-state index in [-0.39, 0.29) is 0 Å². The molecule has 0 fully saturated rings. The molecule has 2 aromatic carbocycles. The van der Waals surface area contributed by atoms with Gasteiger partial charge in [0, 0.05) is 14.7 Å². The number of benzene rings is 2. The van der Waals surface area contributed by atoms with Crippen LogP contribution in [0.25, 0.3) is 5.57 Å². The maximum Gasteiger partial charge on any atom is 0.0261 e. The van der Waals surface area contributed by atoms with Crippen LogP contribution in [0, 0.1) is 6.92 Å². The van der Waals surface area contributed by atoms with E-state index in [1.807, 2.05) is 0 Å². The second kappa shape index (κ2) is 9.00. The largest absolute Gasteiger partial charge is 0.0966 e. The molecule has 0 nitrogen and oxygen atoms in total. The third kappa shape index (κ3) is 5.19. The van der Waals surface area contributed by atoms with Gasteiger partial charge in [0.1, 0.15) is 0 Å². The van der Waals surface area contributed by atoms with Crippen molar-refractivity contribution in [3.8, 4) is 0 Å². The summed E-state index contributed by atoms with van der Waals surface area (Å²) in [6.07, 6.45) is 0.938. The van der Waals surface area contributed by atoms with Crippen LogP contribution >= 0.6 is 23.5 Å². The summed E-state index contributed by atoms with van der Waals surface area (Å²) in [7, 11) is 0. The summed E-state index contributed by atoms with van der Waals surface area (Å²) in [6, 6.07) is 17.1. The summed E-state index contributed by atoms with van der Waals surface area (Å²) in [5.41, 5.74) is 4.93. The summed E-state index contributed by atoms with van der Waals surface area (Å²) >= 11 is 3.47. The Bertz CT molecular complexity index is 752. The Labute approximate surface area is 154 Å². The molecule has 0 aliphatic rings. The molecule has 0 amide bonds. The number of thioether (sulfide) groups is 2. The second-order valence-corrected chi connectivity index (χ2v) is 7.76. The van der Waals surface area contributed by atoms with Gasteiger partial charge in [-0.2, -0.15) is 0 Å². The average molecular weight is 353 g/mol. The van der Waals surface area contributed by atoms with Crippen LogP contribution in [0.5, 0.6) is 0 Å². The van der Waals surface area contributed by atoms with Gasteiger partial charge in [-0.25, -0.2) is 0 Å². The van der Waals surface area contributed by atoms with Crippen molar-refractivity contribution in [3.63, 3.8) is 0 Å². The number of allylic oxidation sites excluding steroid dienone is 2. The zero-order chi connectivity index (χ0) is 17.5. The average Bonchev–Trinajstić information content (AvgIpc) is 2.60. The lowest BCUT2D eigenvalue weighted by Gasteiger charge is -2.10. The van der Waals surface area contributed by atoms with E-state index in [0.29, 0.717) is 0 Å². The number of hydrogen-bond donors (Lipinski definition) is 0. The first-order valence-corrected chi connectivity index (χ1v) is 9.75. The van der Waals surface area contributed by atoms with E-state index >= 15 is 0 Å². The van der Waals surface area contributed by atoms with Crippen LogP contribution in [0.15, 0.2) is 87.4 Å². The molecule has 0 aliphatic carbocycles. The van der Waals surface area contributed by atoms with E-state index in [4.69, 9.17) is 0 Å². The van der Waals surface area contributed by atoms with Gasteiger partial charge < -0.3 is 0 Å². The molecule has 0 saturated carbocycles. The molecule has 0 radical (unpaired) electrons. The Morgan fingerprint density at radius 3 is 2.25 bits per heavy atom. The van der Waals surface area contributed by atoms with Crippen LogP contribution in [0.3, 0.4) is 0 Å². The van der Waals surface area contributed by atoms with Crippen molar-refractivity contribution in [2.75, 3.05) is 0 Å². The van der Waals surface area contributed by atoms with Gasteiger partial charge in [-0.05, 0) is 54.5 Å². The molecule has 0 aliphatic heterocycles. The van der Waals surface area contributed by atoms with Gasteiger partial charge in [0.15, 0.2) is 0 Å². The molecule has 2 aromatic rings. The van der Waals surface area contributed by atoms with Gasteiger partial charge in [0.2, 0.25) is 0 Å². The van der Waals surface area contributed by atoms with Gasteiger partial charge >= 0.3 is 0 Å². The lowest BCUT2D eigenvalue weighted by Crippen LogP contribution is -1.83. The number of aryl methyl sites for hydroxylation is 1. The van der Waals surface area contributed by atoms with Crippen LogP contribution in [-0.4, -0.2) is 0 Å². The molecular formula is C22H24S2. The fraction of sp³-hybridized carbons (Fsp3) is 0.182. The first kappa shape index (κ1) is 18.7. The van der Waals surface area contributed by atoms with Gasteiger partial charge in [-0.1, -0.05) is 85.6 Å². The summed E-state index contributed by atoms with van der Waals surface area (Å²) in [5, 5.41) is 2.22. The zero-order valence-electron chi connectivity index (χ0n) is 14.6. The molecule has 124 valence electrons. The van der Waals surface area contributed by atoms with Crippen molar-refractivity contribution in [2.24, 2.45) is 0 Å². The lowest BCUT2D eigenvalue weighted by atomic mass is 10.1. The normalized spacial score (nSPS) is 11.4. The van der Waals surface area contributed by atoms with Gasteiger partial charge in [0.25, 0.3) is 0 Å². The third-order valence-electron chi connectivity index (χ3n) is 3.77. The summed E-state index contributed by atoms with van der Waals surface area (Å²) in [4.78, 5) is 3.53. The zero-order valence-corrected chi connectivity index (χ0v) is 16.3. The van der Waals surface area contributed by atoms with Gasteiger partial charge in [-0.3, -0.25) is 0 Å².